The molecule has 6 heteroatoms. The molecule has 2 rings (SSSR count). The van der Waals surface area contributed by atoms with Crippen LogP contribution in [0.5, 0.6) is 5.75 Å². The van der Waals surface area contributed by atoms with Crippen LogP contribution < -0.4 is 10.1 Å². The molecule has 138 valence electrons. The Morgan fingerprint density at radius 1 is 1.24 bits per heavy atom. The van der Waals surface area contributed by atoms with E-state index in [1.807, 2.05) is 4.90 Å². The lowest BCUT2D eigenvalue weighted by Crippen LogP contribution is -2.40. The van der Waals surface area contributed by atoms with E-state index in [0.717, 1.165) is 26.2 Å². The average molecular weight is 347 g/mol. The summed E-state index contributed by atoms with van der Waals surface area (Å²) in [6, 6.07) is 5.21. The van der Waals surface area contributed by atoms with Gasteiger partial charge in [-0.2, -0.15) is 0 Å². The standard InChI is InChI=1S/C19H29N3O3/c1-5-21(6-2)9-10-22(12-14(3)4)19(24)15-7-8-16-17(11-15)25-13-18(23)20-16/h7-8,11,14H,5-6,9-10,12-13H2,1-4H3,(H,20,23). The molecule has 25 heavy (non-hydrogen) atoms. The van der Waals surface area contributed by atoms with Crippen LogP contribution in [-0.2, 0) is 4.79 Å². The summed E-state index contributed by atoms with van der Waals surface area (Å²) < 4.78 is 5.43. The van der Waals surface area contributed by atoms with Crippen LogP contribution in [0.25, 0.3) is 0 Å². The molecule has 0 aliphatic carbocycles. The Bertz CT molecular complexity index is 612. The zero-order valence-corrected chi connectivity index (χ0v) is 15.7. The van der Waals surface area contributed by atoms with E-state index in [9.17, 15) is 9.59 Å². The molecule has 1 aliphatic rings. The van der Waals surface area contributed by atoms with Gasteiger partial charge in [0.2, 0.25) is 0 Å². The smallest absolute Gasteiger partial charge is 0.262 e. The molecule has 1 aromatic carbocycles. The first-order valence-electron chi connectivity index (χ1n) is 9.02. The highest BCUT2D eigenvalue weighted by Crippen LogP contribution is 2.29. The molecule has 0 saturated heterocycles. The van der Waals surface area contributed by atoms with Gasteiger partial charge in [-0.1, -0.05) is 27.7 Å². The van der Waals surface area contributed by atoms with Crippen LogP contribution in [0, 0.1) is 5.92 Å². The molecule has 6 nitrogen and oxygen atoms in total. The first kappa shape index (κ1) is 19.2. The number of anilines is 1. The van der Waals surface area contributed by atoms with Gasteiger partial charge in [0.15, 0.2) is 6.61 Å². The van der Waals surface area contributed by atoms with Crippen LogP contribution in [-0.4, -0.2) is 60.9 Å². The normalized spacial score (nSPS) is 13.4. The predicted molar refractivity (Wildman–Crippen MR) is 99.1 cm³/mol. The molecule has 0 radical (unpaired) electrons. The summed E-state index contributed by atoms with van der Waals surface area (Å²) in [5.41, 5.74) is 1.21. The second kappa shape index (κ2) is 8.85. The van der Waals surface area contributed by atoms with Crippen molar-refractivity contribution in [2.75, 3.05) is 44.6 Å². The maximum absolute atomic E-state index is 13.0. The number of nitrogens with zero attached hydrogens (tertiary/aromatic N) is 2. The minimum absolute atomic E-state index is 0.00385. The highest BCUT2D eigenvalue weighted by molar-refractivity contribution is 5.99. The number of nitrogens with one attached hydrogen (secondary N) is 1. The summed E-state index contributed by atoms with van der Waals surface area (Å²) in [6.45, 7) is 12.7. The van der Waals surface area contributed by atoms with Crippen LogP contribution in [0.1, 0.15) is 38.1 Å². The summed E-state index contributed by atoms with van der Waals surface area (Å²) in [7, 11) is 0. The van der Waals surface area contributed by atoms with Crippen LogP contribution >= 0.6 is 0 Å². The van der Waals surface area contributed by atoms with Crippen molar-refractivity contribution < 1.29 is 14.3 Å². The van der Waals surface area contributed by atoms with Gasteiger partial charge in [0, 0.05) is 25.2 Å². The van der Waals surface area contributed by atoms with Crippen LogP contribution in [0.4, 0.5) is 5.69 Å². The zero-order valence-electron chi connectivity index (χ0n) is 15.7. The summed E-state index contributed by atoms with van der Waals surface area (Å²) in [5, 5.41) is 2.75. The largest absolute Gasteiger partial charge is 0.482 e. The Labute approximate surface area is 150 Å². The molecule has 1 aromatic rings. The number of rotatable bonds is 8. The number of hydrogen-bond acceptors (Lipinski definition) is 4. The van der Waals surface area contributed by atoms with Crippen molar-refractivity contribution in [3.05, 3.63) is 23.8 Å². The molecule has 0 fully saturated rings. The van der Waals surface area contributed by atoms with E-state index in [-0.39, 0.29) is 18.4 Å². The summed E-state index contributed by atoms with van der Waals surface area (Å²) >= 11 is 0. The fourth-order valence-corrected chi connectivity index (χ4v) is 2.91. The maximum atomic E-state index is 13.0. The van der Waals surface area contributed by atoms with Gasteiger partial charge in [0.1, 0.15) is 5.75 Å². The topological polar surface area (TPSA) is 61.9 Å². The van der Waals surface area contributed by atoms with Crippen LogP contribution in [0.2, 0.25) is 0 Å². The van der Waals surface area contributed by atoms with Gasteiger partial charge in [-0.05, 0) is 37.2 Å². The number of carbonyl (C=O) groups is 2. The van der Waals surface area contributed by atoms with Crippen molar-refractivity contribution in [1.82, 2.24) is 9.80 Å². The fourth-order valence-electron chi connectivity index (χ4n) is 2.91. The lowest BCUT2D eigenvalue weighted by atomic mass is 10.1. The van der Waals surface area contributed by atoms with Crippen molar-refractivity contribution in [1.29, 1.82) is 0 Å². The SMILES string of the molecule is CCN(CC)CCN(CC(C)C)C(=O)c1ccc2c(c1)OCC(=O)N2. The molecule has 0 unspecified atom stereocenters. The quantitative estimate of drug-likeness (QED) is 0.785. The van der Waals surface area contributed by atoms with Crippen LogP contribution in [0.15, 0.2) is 18.2 Å². The second-order valence-electron chi connectivity index (χ2n) is 6.72. The van der Waals surface area contributed by atoms with Gasteiger partial charge in [-0.3, -0.25) is 9.59 Å². The fraction of sp³-hybridized carbons (Fsp3) is 0.579. The second-order valence-corrected chi connectivity index (χ2v) is 6.72. The summed E-state index contributed by atoms with van der Waals surface area (Å²) in [6.07, 6.45) is 0. The number of hydrogen-bond donors (Lipinski definition) is 1. The Hall–Kier alpha value is -2.08. The molecular formula is C19H29N3O3. The summed E-state index contributed by atoms with van der Waals surface area (Å²) in [4.78, 5) is 28.6. The molecule has 0 saturated carbocycles. The third-order valence-electron chi connectivity index (χ3n) is 4.31. The monoisotopic (exact) mass is 347 g/mol. The molecule has 1 aliphatic heterocycles. The molecule has 0 atom stereocenters. The Kier molecular flexibility index (Phi) is 6.82. The molecule has 0 spiro atoms. The Morgan fingerprint density at radius 3 is 2.60 bits per heavy atom. The number of likely N-dealkylation sites (N-methyl/N-ethyl adjacent to an activating group) is 1. The lowest BCUT2D eigenvalue weighted by molar-refractivity contribution is -0.118. The predicted octanol–water partition coefficient (Wildman–Crippen LogP) is 2.46. The first-order valence-corrected chi connectivity index (χ1v) is 9.02. The molecule has 1 N–H and O–H groups in total. The van der Waals surface area contributed by atoms with Crippen molar-refractivity contribution in [2.45, 2.75) is 27.7 Å². The highest BCUT2D eigenvalue weighted by Gasteiger charge is 2.21. The molecule has 0 aromatic heterocycles. The number of amides is 2. The van der Waals surface area contributed by atoms with Crippen molar-refractivity contribution in [3.63, 3.8) is 0 Å². The third kappa shape index (κ3) is 5.19. The maximum Gasteiger partial charge on any atom is 0.262 e. The van der Waals surface area contributed by atoms with Gasteiger partial charge < -0.3 is 19.9 Å². The number of benzene rings is 1. The van der Waals surface area contributed by atoms with Crippen LogP contribution in [0.3, 0.4) is 0 Å². The highest BCUT2D eigenvalue weighted by atomic mass is 16.5. The van der Waals surface area contributed by atoms with Crippen molar-refractivity contribution in [2.24, 2.45) is 5.92 Å². The lowest BCUT2D eigenvalue weighted by Gasteiger charge is -2.28. The average Bonchev–Trinajstić information content (AvgIpc) is 2.60. The number of carbonyl (C=O) groups excluding carboxylic acids is 2. The molecule has 0 bridgehead atoms. The van der Waals surface area contributed by atoms with E-state index in [1.165, 1.54) is 0 Å². The minimum atomic E-state index is -0.174. The number of fused-ring (bicyclic) bond motifs is 1. The molecule has 1 heterocycles. The van der Waals surface area contributed by atoms with Crippen molar-refractivity contribution >= 4 is 17.5 Å². The van der Waals surface area contributed by atoms with Gasteiger partial charge in [0.25, 0.3) is 11.8 Å². The van der Waals surface area contributed by atoms with E-state index >= 15 is 0 Å². The number of ether oxygens (including phenoxy) is 1. The summed E-state index contributed by atoms with van der Waals surface area (Å²) in [5.74, 6) is 0.781. The van der Waals surface area contributed by atoms with Gasteiger partial charge in [-0.25, -0.2) is 0 Å². The van der Waals surface area contributed by atoms with E-state index in [4.69, 9.17) is 4.74 Å². The van der Waals surface area contributed by atoms with E-state index in [0.29, 0.717) is 29.5 Å². The third-order valence-corrected chi connectivity index (χ3v) is 4.31. The first-order chi connectivity index (χ1) is 11.9. The van der Waals surface area contributed by atoms with Crippen molar-refractivity contribution in [3.8, 4) is 5.75 Å². The van der Waals surface area contributed by atoms with E-state index < -0.39 is 0 Å². The van der Waals surface area contributed by atoms with E-state index in [1.54, 1.807) is 18.2 Å². The Morgan fingerprint density at radius 2 is 1.96 bits per heavy atom. The Balaban J connectivity index is 2.13. The van der Waals surface area contributed by atoms with Gasteiger partial charge in [-0.15, -0.1) is 0 Å². The minimum Gasteiger partial charge on any atom is -0.482 e. The van der Waals surface area contributed by atoms with Gasteiger partial charge in [0.05, 0.1) is 5.69 Å². The molecule has 2 amide bonds. The molecular weight excluding hydrogens is 318 g/mol. The van der Waals surface area contributed by atoms with E-state index in [2.05, 4.69) is 37.9 Å². The zero-order chi connectivity index (χ0) is 18.4. The van der Waals surface area contributed by atoms with Gasteiger partial charge >= 0.3 is 0 Å².